The van der Waals surface area contributed by atoms with Crippen LogP contribution in [0.25, 0.3) is 0 Å². The molecule has 102 valence electrons. The fourth-order valence-electron chi connectivity index (χ4n) is 1.50. The van der Waals surface area contributed by atoms with Crippen molar-refractivity contribution in [2.45, 2.75) is 24.3 Å². The number of hydrogen-bond donors (Lipinski definition) is 1. The number of amides is 1. The molecule has 0 saturated carbocycles. The van der Waals surface area contributed by atoms with Crippen molar-refractivity contribution in [3.63, 3.8) is 0 Å². The number of aromatic nitrogens is 1. The molecule has 20 heavy (non-hydrogen) atoms. The van der Waals surface area contributed by atoms with E-state index < -0.39 is 0 Å². The van der Waals surface area contributed by atoms with Gasteiger partial charge in [0.15, 0.2) is 0 Å². The smallest absolute Gasteiger partial charge is 0.256 e. The Morgan fingerprint density at radius 2 is 2.35 bits per heavy atom. The number of thioether (sulfide) groups is 1. The molecule has 0 aliphatic carbocycles. The van der Waals surface area contributed by atoms with Gasteiger partial charge >= 0.3 is 0 Å². The quantitative estimate of drug-likeness (QED) is 0.874. The van der Waals surface area contributed by atoms with Crippen LogP contribution >= 0.6 is 11.8 Å². The standard InChI is InChI=1S/C14H13N3O2S/c1-9-8-19-14(16-9)20-10(2)13(18)17-12-5-3-4-11(6-12)7-15/h3-6,8,10H,1-2H3,(H,17,18). The maximum atomic E-state index is 12.0. The summed E-state index contributed by atoms with van der Waals surface area (Å²) in [7, 11) is 0. The second-order valence-electron chi connectivity index (χ2n) is 4.20. The molecule has 1 atom stereocenters. The maximum absolute atomic E-state index is 12.0. The number of aryl methyl sites for hydroxylation is 1. The van der Waals surface area contributed by atoms with Gasteiger partial charge in [0, 0.05) is 5.69 Å². The molecule has 1 heterocycles. The Balaban J connectivity index is 1.98. The minimum absolute atomic E-state index is 0.166. The van der Waals surface area contributed by atoms with Crippen LogP contribution in [-0.4, -0.2) is 16.1 Å². The Kier molecular flexibility index (Phi) is 4.43. The number of anilines is 1. The normalized spacial score (nSPS) is 11.7. The number of carbonyl (C=O) groups excluding carboxylic acids is 1. The molecule has 6 heteroatoms. The van der Waals surface area contributed by atoms with E-state index in [-0.39, 0.29) is 11.2 Å². The van der Waals surface area contributed by atoms with Crippen molar-refractivity contribution in [3.05, 3.63) is 41.8 Å². The largest absolute Gasteiger partial charge is 0.440 e. The van der Waals surface area contributed by atoms with Crippen LogP contribution in [0.1, 0.15) is 18.2 Å². The van der Waals surface area contributed by atoms with E-state index in [1.54, 1.807) is 37.5 Å². The van der Waals surface area contributed by atoms with E-state index in [0.717, 1.165) is 5.69 Å². The molecule has 2 aromatic rings. The van der Waals surface area contributed by atoms with Crippen LogP contribution < -0.4 is 5.32 Å². The van der Waals surface area contributed by atoms with E-state index in [1.165, 1.54) is 11.8 Å². The highest BCUT2D eigenvalue weighted by Crippen LogP contribution is 2.23. The maximum Gasteiger partial charge on any atom is 0.256 e. The molecule has 2 rings (SSSR count). The zero-order valence-corrected chi connectivity index (χ0v) is 11.9. The summed E-state index contributed by atoms with van der Waals surface area (Å²) >= 11 is 1.25. The van der Waals surface area contributed by atoms with Gasteiger partial charge in [0.2, 0.25) is 5.91 Å². The van der Waals surface area contributed by atoms with Crippen LogP contribution in [-0.2, 0) is 4.79 Å². The lowest BCUT2D eigenvalue weighted by Gasteiger charge is -2.10. The van der Waals surface area contributed by atoms with Crippen molar-refractivity contribution in [3.8, 4) is 6.07 Å². The average Bonchev–Trinajstić information content (AvgIpc) is 2.84. The topological polar surface area (TPSA) is 78.9 Å². The lowest BCUT2D eigenvalue weighted by atomic mass is 10.2. The second-order valence-corrected chi connectivity index (χ2v) is 5.49. The van der Waals surface area contributed by atoms with Crippen molar-refractivity contribution in [2.24, 2.45) is 0 Å². The molecule has 0 saturated heterocycles. The van der Waals surface area contributed by atoms with E-state index in [4.69, 9.17) is 9.68 Å². The van der Waals surface area contributed by atoms with E-state index in [2.05, 4.69) is 10.3 Å². The zero-order chi connectivity index (χ0) is 14.5. The summed E-state index contributed by atoms with van der Waals surface area (Å²) in [6, 6.07) is 8.81. The van der Waals surface area contributed by atoms with Gasteiger partial charge in [0.1, 0.15) is 6.26 Å². The molecule has 0 bridgehead atoms. The van der Waals surface area contributed by atoms with Crippen LogP contribution in [0, 0.1) is 18.3 Å². The summed E-state index contributed by atoms with van der Waals surface area (Å²) in [6.45, 7) is 3.60. The highest BCUT2D eigenvalue weighted by atomic mass is 32.2. The molecular weight excluding hydrogens is 274 g/mol. The molecule has 0 aliphatic heterocycles. The first-order valence-corrected chi connectivity index (χ1v) is 6.86. The molecular formula is C14H13N3O2S. The monoisotopic (exact) mass is 287 g/mol. The predicted molar refractivity (Wildman–Crippen MR) is 76.3 cm³/mol. The Labute approximate surface area is 121 Å². The fourth-order valence-corrected chi connectivity index (χ4v) is 2.27. The van der Waals surface area contributed by atoms with Crippen LogP contribution in [0.2, 0.25) is 0 Å². The van der Waals surface area contributed by atoms with Gasteiger partial charge in [-0.25, -0.2) is 4.98 Å². The molecule has 0 fully saturated rings. The van der Waals surface area contributed by atoms with E-state index >= 15 is 0 Å². The summed E-state index contributed by atoms with van der Waals surface area (Å²) in [5.74, 6) is -0.166. The number of benzene rings is 1. The summed E-state index contributed by atoms with van der Waals surface area (Å²) in [5, 5.41) is 11.7. The molecule has 0 spiro atoms. The van der Waals surface area contributed by atoms with Crippen molar-refractivity contribution in [1.82, 2.24) is 4.98 Å². The molecule has 1 aromatic carbocycles. The number of hydrogen-bond acceptors (Lipinski definition) is 5. The first-order valence-electron chi connectivity index (χ1n) is 5.98. The summed E-state index contributed by atoms with van der Waals surface area (Å²) in [4.78, 5) is 16.2. The van der Waals surface area contributed by atoms with Crippen molar-refractivity contribution in [1.29, 1.82) is 5.26 Å². The Bertz CT molecular complexity index is 660. The lowest BCUT2D eigenvalue weighted by Crippen LogP contribution is -2.22. The number of oxazole rings is 1. The molecule has 1 aromatic heterocycles. The van der Waals surface area contributed by atoms with Crippen molar-refractivity contribution in [2.75, 3.05) is 5.32 Å². The molecule has 1 unspecified atom stereocenters. The third-order valence-corrected chi connectivity index (χ3v) is 3.46. The van der Waals surface area contributed by atoms with Gasteiger partial charge in [-0.15, -0.1) is 0 Å². The summed E-state index contributed by atoms with van der Waals surface area (Å²) in [6.07, 6.45) is 1.54. The van der Waals surface area contributed by atoms with Gasteiger partial charge < -0.3 is 9.73 Å². The molecule has 1 N–H and O–H groups in total. The van der Waals surface area contributed by atoms with Crippen molar-refractivity contribution >= 4 is 23.4 Å². The van der Waals surface area contributed by atoms with Gasteiger partial charge in [-0.3, -0.25) is 4.79 Å². The fraction of sp³-hybridized carbons (Fsp3) is 0.214. The Morgan fingerprint density at radius 3 is 3.00 bits per heavy atom. The minimum atomic E-state index is -0.348. The van der Waals surface area contributed by atoms with Crippen LogP contribution in [0.3, 0.4) is 0 Å². The Hall–Kier alpha value is -2.26. The van der Waals surface area contributed by atoms with E-state index in [0.29, 0.717) is 16.5 Å². The second kappa shape index (κ2) is 6.26. The van der Waals surface area contributed by atoms with Crippen LogP contribution in [0.4, 0.5) is 5.69 Å². The highest BCUT2D eigenvalue weighted by Gasteiger charge is 2.17. The molecule has 1 amide bonds. The SMILES string of the molecule is Cc1coc(SC(C)C(=O)Nc2cccc(C#N)c2)n1. The number of nitrogens with zero attached hydrogens (tertiary/aromatic N) is 2. The third kappa shape index (κ3) is 3.62. The van der Waals surface area contributed by atoms with Gasteiger partial charge in [-0.05, 0) is 32.0 Å². The third-order valence-electron chi connectivity index (χ3n) is 2.50. The number of nitriles is 1. The number of rotatable bonds is 4. The average molecular weight is 287 g/mol. The summed E-state index contributed by atoms with van der Waals surface area (Å²) in [5.41, 5.74) is 1.89. The minimum Gasteiger partial charge on any atom is -0.440 e. The molecule has 0 radical (unpaired) electrons. The van der Waals surface area contributed by atoms with Gasteiger partial charge in [0.25, 0.3) is 5.22 Å². The van der Waals surface area contributed by atoms with E-state index in [9.17, 15) is 4.79 Å². The lowest BCUT2D eigenvalue weighted by molar-refractivity contribution is -0.115. The van der Waals surface area contributed by atoms with Crippen molar-refractivity contribution < 1.29 is 9.21 Å². The molecule has 0 aliphatic rings. The van der Waals surface area contributed by atoms with Crippen LogP contribution in [0.5, 0.6) is 0 Å². The zero-order valence-electron chi connectivity index (χ0n) is 11.1. The van der Waals surface area contributed by atoms with Gasteiger partial charge in [-0.2, -0.15) is 5.26 Å². The summed E-state index contributed by atoms with van der Waals surface area (Å²) < 4.78 is 5.20. The molecule has 5 nitrogen and oxygen atoms in total. The van der Waals surface area contributed by atoms with E-state index in [1.807, 2.05) is 13.0 Å². The number of nitrogens with one attached hydrogen (secondary N) is 1. The first kappa shape index (κ1) is 14.2. The highest BCUT2D eigenvalue weighted by molar-refractivity contribution is 8.00. The number of carbonyl (C=O) groups is 1. The van der Waals surface area contributed by atoms with Crippen LogP contribution in [0.15, 0.2) is 40.2 Å². The predicted octanol–water partition coefficient (Wildman–Crippen LogP) is 2.97. The van der Waals surface area contributed by atoms with Gasteiger partial charge in [-0.1, -0.05) is 17.8 Å². The van der Waals surface area contributed by atoms with Gasteiger partial charge in [0.05, 0.1) is 22.6 Å². The Morgan fingerprint density at radius 1 is 1.55 bits per heavy atom. The first-order chi connectivity index (χ1) is 9.58.